The molecule has 0 unspecified atom stereocenters. The molecule has 22 heavy (non-hydrogen) atoms. The Morgan fingerprint density at radius 1 is 1.18 bits per heavy atom. The summed E-state index contributed by atoms with van der Waals surface area (Å²) < 4.78 is 0. The number of amides is 2. The number of primary amides is 1. The summed E-state index contributed by atoms with van der Waals surface area (Å²) >= 11 is 0. The summed E-state index contributed by atoms with van der Waals surface area (Å²) in [5.41, 5.74) is 6.28. The number of nitrogens with two attached hydrogens (primary N) is 1. The number of carbonyl (C=O) groups excluding carboxylic acids is 2. The fraction of sp³-hybridized carbons (Fsp3) is 0.529. The summed E-state index contributed by atoms with van der Waals surface area (Å²) in [4.78, 5) is 23.0. The molecule has 0 bridgehead atoms. The Morgan fingerprint density at radius 3 is 2.50 bits per heavy atom. The Labute approximate surface area is 131 Å². The predicted octanol–water partition coefficient (Wildman–Crippen LogP) is 2.14. The van der Waals surface area contributed by atoms with Gasteiger partial charge in [0.05, 0.1) is 6.54 Å². The fourth-order valence-corrected chi connectivity index (χ4v) is 3.02. The van der Waals surface area contributed by atoms with Crippen molar-refractivity contribution in [1.29, 1.82) is 0 Å². The van der Waals surface area contributed by atoms with E-state index < -0.39 is 5.91 Å². The zero-order valence-electron chi connectivity index (χ0n) is 13.3. The molecule has 3 atom stereocenters. The van der Waals surface area contributed by atoms with Gasteiger partial charge >= 0.3 is 0 Å². The van der Waals surface area contributed by atoms with Crippen molar-refractivity contribution in [3.63, 3.8) is 0 Å². The van der Waals surface area contributed by atoms with Crippen LogP contribution in [0.15, 0.2) is 24.3 Å². The molecule has 1 fully saturated rings. The van der Waals surface area contributed by atoms with E-state index in [-0.39, 0.29) is 5.91 Å². The number of hydrogen-bond donors (Lipinski definition) is 3. The van der Waals surface area contributed by atoms with Crippen LogP contribution in [0.3, 0.4) is 0 Å². The van der Waals surface area contributed by atoms with Crippen molar-refractivity contribution in [3.8, 4) is 0 Å². The normalized spacial score (nSPS) is 24.7. The molecule has 1 saturated carbocycles. The van der Waals surface area contributed by atoms with Crippen LogP contribution in [0.2, 0.25) is 0 Å². The molecule has 1 aliphatic carbocycles. The number of benzene rings is 1. The molecule has 5 nitrogen and oxygen atoms in total. The van der Waals surface area contributed by atoms with Crippen molar-refractivity contribution in [2.24, 2.45) is 17.6 Å². The van der Waals surface area contributed by atoms with Crippen molar-refractivity contribution in [1.82, 2.24) is 5.32 Å². The molecule has 0 saturated heterocycles. The number of nitrogens with one attached hydrogen (secondary N) is 2. The maximum atomic E-state index is 12.0. The van der Waals surface area contributed by atoms with Gasteiger partial charge < -0.3 is 16.4 Å². The highest BCUT2D eigenvalue weighted by Gasteiger charge is 2.26. The smallest absolute Gasteiger partial charge is 0.248 e. The molecule has 0 aromatic heterocycles. The highest BCUT2D eigenvalue weighted by Crippen LogP contribution is 2.29. The number of rotatable bonds is 5. The molecule has 1 aromatic rings. The highest BCUT2D eigenvalue weighted by molar-refractivity contribution is 5.95. The molecule has 4 N–H and O–H groups in total. The van der Waals surface area contributed by atoms with E-state index >= 15 is 0 Å². The van der Waals surface area contributed by atoms with Gasteiger partial charge in [0.2, 0.25) is 11.8 Å². The summed E-state index contributed by atoms with van der Waals surface area (Å²) in [6.07, 6.45) is 3.63. The van der Waals surface area contributed by atoms with E-state index in [2.05, 4.69) is 24.5 Å². The molecule has 0 radical (unpaired) electrons. The summed E-state index contributed by atoms with van der Waals surface area (Å²) in [6, 6.07) is 6.99. The molecule has 0 aliphatic heterocycles. The number of hydrogen-bond acceptors (Lipinski definition) is 3. The summed E-state index contributed by atoms with van der Waals surface area (Å²) in [5, 5.41) is 6.19. The van der Waals surface area contributed by atoms with Gasteiger partial charge in [-0.15, -0.1) is 0 Å². The maximum Gasteiger partial charge on any atom is 0.248 e. The second-order valence-corrected chi connectivity index (χ2v) is 6.24. The third kappa shape index (κ3) is 4.31. The van der Waals surface area contributed by atoms with Gasteiger partial charge in [0.1, 0.15) is 0 Å². The lowest BCUT2D eigenvalue weighted by Gasteiger charge is -2.34. The summed E-state index contributed by atoms with van der Waals surface area (Å²) in [6.45, 7) is 4.83. The largest absolute Gasteiger partial charge is 0.366 e. The molecule has 2 amide bonds. The lowest BCUT2D eigenvalue weighted by Crippen LogP contribution is -2.43. The first-order valence-corrected chi connectivity index (χ1v) is 7.90. The van der Waals surface area contributed by atoms with E-state index in [9.17, 15) is 9.59 Å². The van der Waals surface area contributed by atoms with Gasteiger partial charge in [-0.3, -0.25) is 9.59 Å². The third-order valence-electron chi connectivity index (χ3n) is 4.68. The van der Waals surface area contributed by atoms with Crippen LogP contribution in [0.25, 0.3) is 0 Å². The Balaban J connectivity index is 1.81. The molecule has 120 valence electrons. The average Bonchev–Trinajstić information content (AvgIpc) is 2.49. The SMILES string of the molecule is C[C@@H]1[C@H](C)CCC[C@H]1NCC(=O)Nc1ccc(C(N)=O)cc1. The molecular formula is C17H25N3O2. The lowest BCUT2D eigenvalue weighted by atomic mass is 9.78. The van der Waals surface area contributed by atoms with Crippen LogP contribution in [-0.2, 0) is 4.79 Å². The van der Waals surface area contributed by atoms with Crippen LogP contribution in [0, 0.1) is 11.8 Å². The molecule has 1 aliphatic rings. The molecule has 2 rings (SSSR count). The fourth-order valence-electron chi connectivity index (χ4n) is 3.02. The number of carbonyl (C=O) groups is 2. The Hall–Kier alpha value is -1.88. The second kappa shape index (κ2) is 7.40. The number of anilines is 1. The van der Waals surface area contributed by atoms with Gasteiger partial charge in [-0.2, -0.15) is 0 Å². The molecule has 1 aromatic carbocycles. The van der Waals surface area contributed by atoms with Crippen LogP contribution in [-0.4, -0.2) is 24.4 Å². The quantitative estimate of drug-likeness (QED) is 0.779. The first-order chi connectivity index (χ1) is 10.5. The van der Waals surface area contributed by atoms with Crippen molar-refractivity contribution in [2.45, 2.75) is 39.2 Å². The van der Waals surface area contributed by atoms with E-state index in [1.807, 2.05) is 0 Å². The minimum absolute atomic E-state index is 0.0720. The van der Waals surface area contributed by atoms with Crippen LogP contribution in [0.4, 0.5) is 5.69 Å². The maximum absolute atomic E-state index is 12.0. The van der Waals surface area contributed by atoms with Crippen molar-refractivity contribution < 1.29 is 9.59 Å². The van der Waals surface area contributed by atoms with Crippen LogP contribution >= 0.6 is 0 Å². The zero-order chi connectivity index (χ0) is 16.1. The van der Waals surface area contributed by atoms with E-state index in [0.29, 0.717) is 35.7 Å². The van der Waals surface area contributed by atoms with E-state index in [4.69, 9.17) is 5.73 Å². The van der Waals surface area contributed by atoms with Crippen molar-refractivity contribution >= 4 is 17.5 Å². The Morgan fingerprint density at radius 2 is 1.86 bits per heavy atom. The Kier molecular flexibility index (Phi) is 5.55. The van der Waals surface area contributed by atoms with Gasteiger partial charge in [0.25, 0.3) is 0 Å². The molecule has 0 heterocycles. The summed E-state index contributed by atoms with van der Waals surface area (Å²) in [7, 11) is 0. The highest BCUT2D eigenvalue weighted by atomic mass is 16.2. The first-order valence-electron chi connectivity index (χ1n) is 7.90. The van der Waals surface area contributed by atoms with Gasteiger partial charge in [-0.25, -0.2) is 0 Å². The van der Waals surface area contributed by atoms with Crippen molar-refractivity contribution in [2.75, 3.05) is 11.9 Å². The lowest BCUT2D eigenvalue weighted by molar-refractivity contribution is -0.115. The van der Waals surface area contributed by atoms with Crippen LogP contribution < -0.4 is 16.4 Å². The monoisotopic (exact) mass is 303 g/mol. The molecule has 5 heteroatoms. The standard InChI is InChI=1S/C17H25N3O2/c1-11-4-3-5-15(12(11)2)19-10-16(21)20-14-8-6-13(7-9-14)17(18)22/h6-9,11-12,15,19H,3-5,10H2,1-2H3,(H2,18,22)(H,20,21)/t11-,12-,15-/m1/s1. The van der Waals surface area contributed by atoms with Gasteiger partial charge in [-0.05, 0) is 42.5 Å². The van der Waals surface area contributed by atoms with Crippen molar-refractivity contribution in [3.05, 3.63) is 29.8 Å². The van der Waals surface area contributed by atoms with Gasteiger partial charge in [-0.1, -0.05) is 26.7 Å². The Bertz CT molecular complexity index is 527. The topological polar surface area (TPSA) is 84.2 Å². The minimum Gasteiger partial charge on any atom is -0.366 e. The van der Waals surface area contributed by atoms with Crippen LogP contribution in [0.1, 0.15) is 43.5 Å². The van der Waals surface area contributed by atoms with Gasteiger partial charge in [0, 0.05) is 17.3 Å². The predicted molar refractivity (Wildman–Crippen MR) is 87.6 cm³/mol. The molecule has 0 spiro atoms. The minimum atomic E-state index is -0.472. The van der Waals surface area contributed by atoms with E-state index in [1.54, 1.807) is 24.3 Å². The van der Waals surface area contributed by atoms with E-state index in [1.165, 1.54) is 12.8 Å². The third-order valence-corrected chi connectivity index (χ3v) is 4.68. The van der Waals surface area contributed by atoms with Crippen LogP contribution in [0.5, 0.6) is 0 Å². The molecular weight excluding hydrogens is 278 g/mol. The average molecular weight is 303 g/mol. The first kappa shape index (κ1) is 16.5. The van der Waals surface area contributed by atoms with E-state index in [0.717, 1.165) is 6.42 Å². The zero-order valence-corrected chi connectivity index (χ0v) is 13.3. The van der Waals surface area contributed by atoms with Gasteiger partial charge in [0.15, 0.2) is 0 Å². The second-order valence-electron chi connectivity index (χ2n) is 6.24. The summed E-state index contributed by atoms with van der Waals surface area (Å²) in [5.74, 6) is 0.754.